The van der Waals surface area contributed by atoms with Gasteiger partial charge >= 0.3 is 0 Å². The van der Waals surface area contributed by atoms with Crippen molar-refractivity contribution in [3.05, 3.63) is 42.7 Å². The van der Waals surface area contributed by atoms with E-state index in [2.05, 4.69) is 47.8 Å². The van der Waals surface area contributed by atoms with Crippen molar-refractivity contribution in [2.24, 2.45) is 0 Å². The van der Waals surface area contributed by atoms with Crippen molar-refractivity contribution in [3.63, 3.8) is 0 Å². The van der Waals surface area contributed by atoms with Crippen molar-refractivity contribution in [3.8, 4) is 23.0 Å². The molecule has 2 aromatic carbocycles. The van der Waals surface area contributed by atoms with E-state index < -0.39 is 0 Å². The van der Waals surface area contributed by atoms with Gasteiger partial charge in [-0.3, -0.25) is 0 Å². The lowest BCUT2D eigenvalue weighted by molar-refractivity contribution is 0.400. The summed E-state index contributed by atoms with van der Waals surface area (Å²) in [5, 5.41) is 38.3. The van der Waals surface area contributed by atoms with E-state index in [1.807, 2.05) is 0 Å². The van der Waals surface area contributed by atoms with Crippen LogP contribution in [0.2, 0.25) is 0 Å². The summed E-state index contributed by atoms with van der Waals surface area (Å²) in [5.41, 5.74) is 1.44. The highest BCUT2D eigenvalue weighted by atomic mass is 79.9. The molecule has 0 aromatic heterocycles. The first kappa shape index (κ1) is 15.5. The molecule has 0 atom stereocenters. The van der Waals surface area contributed by atoms with Crippen LogP contribution >= 0.6 is 47.8 Å². The van der Waals surface area contributed by atoms with Crippen molar-refractivity contribution in [2.75, 3.05) is 0 Å². The first-order valence-electron chi connectivity index (χ1n) is 5.40. The topological polar surface area (TPSA) is 80.9 Å². The Hall–Kier alpha value is -0.920. The monoisotopic (exact) mass is 466 g/mol. The Morgan fingerprint density at radius 1 is 0.750 bits per heavy atom. The number of hydrogen-bond donors (Lipinski definition) is 4. The smallest absolute Gasteiger partial charge is 0.173 e. The second-order valence-corrected chi connectivity index (χ2v) is 6.59. The third-order valence-electron chi connectivity index (χ3n) is 2.73. The van der Waals surface area contributed by atoms with Crippen molar-refractivity contribution in [1.82, 2.24) is 0 Å². The minimum Gasteiger partial charge on any atom is -0.504 e. The Kier molecular flexibility index (Phi) is 4.51. The molecule has 0 unspecified atom stereocenters. The average molecular weight is 469 g/mol. The van der Waals surface area contributed by atoms with E-state index in [0.717, 1.165) is 5.56 Å². The average Bonchev–Trinajstić information content (AvgIpc) is 2.39. The Morgan fingerprint density at radius 2 is 1.35 bits per heavy atom. The zero-order valence-corrected chi connectivity index (χ0v) is 14.6. The highest BCUT2D eigenvalue weighted by molar-refractivity contribution is 9.13. The molecule has 0 aliphatic rings. The molecule has 106 valence electrons. The second kappa shape index (κ2) is 5.83. The van der Waals surface area contributed by atoms with Gasteiger partial charge in [-0.2, -0.15) is 0 Å². The van der Waals surface area contributed by atoms with Crippen LogP contribution in [0.15, 0.2) is 31.6 Å². The van der Waals surface area contributed by atoms with Crippen molar-refractivity contribution < 1.29 is 20.4 Å². The molecule has 0 saturated carbocycles. The van der Waals surface area contributed by atoms with Gasteiger partial charge in [-0.05, 0) is 83.5 Å². The number of halogens is 3. The normalized spacial score (nSPS) is 10.8. The largest absolute Gasteiger partial charge is 0.504 e. The van der Waals surface area contributed by atoms with Crippen LogP contribution in [-0.2, 0) is 6.42 Å². The quantitative estimate of drug-likeness (QED) is 0.493. The predicted octanol–water partition coefficient (Wildman–Crippen LogP) is 4.39. The maximum absolute atomic E-state index is 9.64. The molecule has 4 nitrogen and oxygen atoms in total. The SMILES string of the molecule is Oc1cc(Cc2cc(O)c(O)c(Br)c2Br)cc(Br)c1O. The Morgan fingerprint density at radius 3 is 1.95 bits per heavy atom. The van der Waals surface area contributed by atoms with E-state index in [1.54, 1.807) is 6.07 Å². The zero-order chi connectivity index (χ0) is 15.0. The van der Waals surface area contributed by atoms with Gasteiger partial charge in [0.2, 0.25) is 0 Å². The lowest BCUT2D eigenvalue weighted by atomic mass is 10.0. The molecule has 7 heteroatoms. The van der Waals surface area contributed by atoms with Gasteiger partial charge in [0.15, 0.2) is 23.0 Å². The van der Waals surface area contributed by atoms with Crippen LogP contribution in [-0.4, -0.2) is 20.4 Å². The van der Waals surface area contributed by atoms with Gasteiger partial charge in [-0.25, -0.2) is 0 Å². The van der Waals surface area contributed by atoms with Crippen LogP contribution in [0.3, 0.4) is 0 Å². The summed E-state index contributed by atoms with van der Waals surface area (Å²) in [6.07, 6.45) is 0.388. The van der Waals surface area contributed by atoms with E-state index in [9.17, 15) is 20.4 Å². The highest BCUT2D eigenvalue weighted by Crippen LogP contribution is 2.42. The molecule has 0 radical (unpaired) electrons. The molecule has 0 fully saturated rings. The number of phenols is 4. The zero-order valence-electron chi connectivity index (χ0n) is 9.86. The van der Waals surface area contributed by atoms with Gasteiger partial charge in [0.1, 0.15) is 0 Å². The molecule has 4 N–H and O–H groups in total. The fourth-order valence-electron chi connectivity index (χ4n) is 1.74. The third kappa shape index (κ3) is 2.89. The van der Waals surface area contributed by atoms with Crippen molar-refractivity contribution >= 4 is 47.8 Å². The third-order valence-corrected chi connectivity index (χ3v) is 5.55. The predicted molar refractivity (Wildman–Crippen MR) is 85.4 cm³/mol. The van der Waals surface area contributed by atoms with E-state index in [-0.39, 0.29) is 23.0 Å². The van der Waals surface area contributed by atoms with Crippen molar-refractivity contribution in [1.29, 1.82) is 0 Å². The van der Waals surface area contributed by atoms with E-state index in [1.165, 1.54) is 12.1 Å². The molecule has 0 aliphatic carbocycles. The summed E-state index contributed by atoms with van der Waals surface area (Å²) >= 11 is 9.66. The van der Waals surface area contributed by atoms with Gasteiger partial charge in [-0.15, -0.1) is 0 Å². The summed E-state index contributed by atoms with van der Waals surface area (Å²) in [7, 11) is 0. The summed E-state index contributed by atoms with van der Waals surface area (Å²) in [6.45, 7) is 0. The molecule has 20 heavy (non-hydrogen) atoms. The Labute approximate surface area is 140 Å². The van der Waals surface area contributed by atoms with Crippen LogP contribution < -0.4 is 0 Å². The van der Waals surface area contributed by atoms with Crippen LogP contribution in [0, 0.1) is 0 Å². The summed E-state index contributed by atoms with van der Waals surface area (Å²) in [4.78, 5) is 0. The molecule has 0 saturated heterocycles. The van der Waals surface area contributed by atoms with Gasteiger partial charge in [0.05, 0.1) is 8.95 Å². The van der Waals surface area contributed by atoms with Gasteiger partial charge in [0, 0.05) is 4.47 Å². The number of benzene rings is 2. The fraction of sp³-hybridized carbons (Fsp3) is 0.0769. The second-order valence-electron chi connectivity index (χ2n) is 4.15. The fourth-order valence-corrected chi connectivity index (χ4v) is 3.14. The molecule has 0 heterocycles. The van der Waals surface area contributed by atoms with Crippen LogP contribution in [0.25, 0.3) is 0 Å². The Balaban J connectivity index is 2.45. The summed E-state index contributed by atoms with van der Waals surface area (Å²) < 4.78 is 1.34. The maximum Gasteiger partial charge on any atom is 0.173 e. The lowest BCUT2D eigenvalue weighted by Gasteiger charge is -2.11. The minimum atomic E-state index is -0.240. The van der Waals surface area contributed by atoms with Gasteiger partial charge in [0.25, 0.3) is 0 Å². The number of rotatable bonds is 2. The molecule has 0 amide bonds. The summed E-state index contributed by atoms with van der Waals surface area (Å²) in [6, 6.07) is 4.53. The maximum atomic E-state index is 9.64. The first-order chi connectivity index (χ1) is 9.31. The molecule has 0 bridgehead atoms. The summed E-state index contributed by atoms with van der Waals surface area (Å²) in [5.74, 6) is -0.928. The number of hydrogen-bond acceptors (Lipinski definition) is 4. The lowest BCUT2D eigenvalue weighted by Crippen LogP contribution is -1.92. The molecular weight excluding hydrogens is 460 g/mol. The molecule has 2 rings (SSSR count). The standard InChI is InChI=1S/C13H9Br3O4/c14-7-2-5(3-8(17)12(7)19)1-6-4-9(18)13(20)11(16)10(6)15/h2-4,17-20H,1H2. The van der Waals surface area contributed by atoms with Crippen molar-refractivity contribution in [2.45, 2.75) is 6.42 Å². The number of aromatic hydroxyl groups is 4. The minimum absolute atomic E-state index is 0.220. The van der Waals surface area contributed by atoms with E-state index >= 15 is 0 Å². The van der Waals surface area contributed by atoms with E-state index in [4.69, 9.17) is 0 Å². The first-order valence-corrected chi connectivity index (χ1v) is 7.78. The van der Waals surface area contributed by atoms with Crippen LogP contribution in [0.5, 0.6) is 23.0 Å². The highest BCUT2D eigenvalue weighted by Gasteiger charge is 2.15. The molecule has 0 aliphatic heterocycles. The van der Waals surface area contributed by atoms with Crippen LogP contribution in [0.1, 0.15) is 11.1 Å². The van der Waals surface area contributed by atoms with Gasteiger partial charge < -0.3 is 20.4 Å². The molecule has 0 spiro atoms. The Bertz CT molecular complexity index is 663. The number of phenolic OH excluding ortho intramolecular Hbond substituents is 4. The van der Waals surface area contributed by atoms with Gasteiger partial charge in [-0.1, -0.05) is 0 Å². The van der Waals surface area contributed by atoms with E-state index in [0.29, 0.717) is 25.4 Å². The molecular formula is C13H9Br3O4. The van der Waals surface area contributed by atoms with Crippen LogP contribution in [0.4, 0.5) is 0 Å². The molecule has 2 aromatic rings.